The minimum Gasteiger partial charge on any atom is -0.481 e. The van der Waals surface area contributed by atoms with Crippen molar-refractivity contribution in [2.24, 2.45) is 27.9 Å². The van der Waals surface area contributed by atoms with Crippen LogP contribution in [0.2, 0.25) is 0 Å². The summed E-state index contributed by atoms with van der Waals surface area (Å²) in [5, 5.41) is 27.2. The van der Waals surface area contributed by atoms with E-state index in [1.54, 1.807) is 0 Å². The van der Waals surface area contributed by atoms with Gasteiger partial charge in [-0.2, -0.15) is 0 Å². The monoisotopic (exact) mass is 435 g/mol. The molecule has 0 aliphatic heterocycles. The van der Waals surface area contributed by atoms with E-state index in [0.29, 0.717) is 0 Å². The molecule has 0 radical (unpaired) electrons. The molecule has 0 spiro atoms. The van der Waals surface area contributed by atoms with Crippen molar-refractivity contribution in [2.45, 2.75) is 43.4 Å². The van der Waals surface area contributed by atoms with Crippen LogP contribution in [0.4, 0.5) is 0 Å². The first-order valence-corrected chi connectivity index (χ1v) is 8.44. The third-order valence-electron chi connectivity index (χ3n) is 3.54. The molecule has 0 fully saturated rings. The number of esters is 3. The van der Waals surface area contributed by atoms with Gasteiger partial charge < -0.3 is 47.7 Å². The van der Waals surface area contributed by atoms with Gasteiger partial charge in [-0.3, -0.25) is 19.4 Å². The Balaban J connectivity index is 5.21. The van der Waals surface area contributed by atoms with E-state index in [-0.39, 0.29) is 25.3 Å². The summed E-state index contributed by atoms with van der Waals surface area (Å²) in [4.78, 5) is 61.9. The number of carbonyl (C=O) groups excluding carboxylic acids is 3. The minimum absolute atomic E-state index is 0.0163. The van der Waals surface area contributed by atoms with Gasteiger partial charge in [-0.1, -0.05) is 0 Å². The third-order valence-corrected chi connectivity index (χ3v) is 3.54. The average Bonchev–Trinajstić information content (AvgIpc) is 2.62. The van der Waals surface area contributed by atoms with E-state index in [4.69, 9.17) is 33.1 Å². The number of ether oxygens (including phenoxy) is 2. The Hall–Kier alpha value is -3.30. The minimum atomic E-state index is -2.93. The van der Waals surface area contributed by atoms with E-state index < -0.39 is 67.0 Å². The van der Waals surface area contributed by atoms with Crippen LogP contribution in [-0.2, 0) is 33.4 Å². The Morgan fingerprint density at radius 2 is 1.57 bits per heavy atom. The van der Waals surface area contributed by atoms with Gasteiger partial charge in [0.2, 0.25) is 5.60 Å². The normalized spacial score (nSPS) is 14.5. The molecule has 0 amide bonds. The highest BCUT2D eigenvalue weighted by Gasteiger charge is 2.48. The van der Waals surface area contributed by atoms with Crippen molar-refractivity contribution in [1.82, 2.24) is 0 Å². The van der Waals surface area contributed by atoms with Crippen molar-refractivity contribution >= 4 is 35.8 Å². The van der Waals surface area contributed by atoms with Gasteiger partial charge in [0.1, 0.15) is 12.1 Å². The van der Waals surface area contributed by atoms with Gasteiger partial charge in [0.15, 0.2) is 5.96 Å². The number of carbonyl (C=O) groups is 5. The molecule has 0 heterocycles. The van der Waals surface area contributed by atoms with Crippen LogP contribution in [0.25, 0.3) is 0 Å². The topological polar surface area (TPSA) is 281 Å². The molecule has 0 bridgehead atoms. The van der Waals surface area contributed by atoms with Crippen LogP contribution < -0.4 is 22.9 Å². The Kier molecular flexibility index (Phi) is 10.9. The molecular formula is C15H25N5O10. The Labute approximate surface area is 170 Å². The molecule has 11 N–H and O–H groups in total. The highest BCUT2D eigenvalue weighted by Crippen LogP contribution is 2.24. The summed E-state index contributed by atoms with van der Waals surface area (Å²) in [6, 6.07) is -2.97. The summed E-state index contributed by atoms with van der Waals surface area (Å²) in [7, 11) is 0. The lowest BCUT2D eigenvalue weighted by molar-refractivity contribution is -0.188. The maximum Gasteiger partial charge on any atom is 0.349 e. The van der Waals surface area contributed by atoms with Crippen molar-refractivity contribution in [3.63, 3.8) is 0 Å². The van der Waals surface area contributed by atoms with E-state index in [9.17, 15) is 29.1 Å². The molecule has 15 nitrogen and oxygen atoms in total. The first-order valence-electron chi connectivity index (χ1n) is 8.44. The number of nitrogens with two attached hydrogens (primary N) is 4. The van der Waals surface area contributed by atoms with Gasteiger partial charge in [0, 0.05) is 6.54 Å². The van der Waals surface area contributed by atoms with E-state index in [1.165, 1.54) is 0 Å². The van der Waals surface area contributed by atoms with Crippen LogP contribution in [0.15, 0.2) is 4.99 Å². The average molecular weight is 435 g/mol. The molecule has 15 heteroatoms. The van der Waals surface area contributed by atoms with Crippen molar-refractivity contribution in [2.75, 3.05) is 13.2 Å². The fourth-order valence-electron chi connectivity index (χ4n) is 2.01. The van der Waals surface area contributed by atoms with E-state index in [2.05, 4.69) is 14.5 Å². The van der Waals surface area contributed by atoms with E-state index in [1.807, 2.05) is 0 Å². The zero-order chi connectivity index (χ0) is 23.5. The number of guanidine groups is 1. The lowest BCUT2D eigenvalue weighted by Crippen LogP contribution is -2.51. The molecule has 1 unspecified atom stereocenters. The predicted octanol–water partition coefficient (Wildman–Crippen LogP) is -4.01. The number of aliphatic carboxylic acids is 2. The molecule has 0 aromatic rings. The highest BCUT2D eigenvalue weighted by molar-refractivity contribution is 5.95. The lowest BCUT2D eigenvalue weighted by Gasteiger charge is -2.27. The van der Waals surface area contributed by atoms with Crippen molar-refractivity contribution in [3.8, 4) is 0 Å². The first-order chi connectivity index (χ1) is 13.8. The second-order valence-electron chi connectivity index (χ2n) is 6.11. The zero-order valence-corrected chi connectivity index (χ0v) is 15.9. The fourth-order valence-corrected chi connectivity index (χ4v) is 2.01. The van der Waals surface area contributed by atoms with Crippen LogP contribution in [-0.4, -0.2) is 82.0 Å². The molecule has 0 saturated heterocycles. The summed E-state index contributed by atoms with van der Waals surface area (Å²) in [5.74, 6) is -8.11. The Morgan fingerprint density at radius 1 is 0.967 bits per heavy atom. The largest absolute Gasteiger partial charge is 0.481 e. The molecule has 30 heavy (non-hydrogen) atoms. The van der Waals surface area contributed by atoms with Crippen molar-refractivity contribution in [1.29, 1.82) is 0 Å². The van der Waals surface area contributed by atoms with Crippen molar-refractivity contribution < 1.29 is 48.8 Å². The maximum atomic E-state index is 12.0. The number of hydrogen-bond donors (Lipinski definition) is 7. The number of aliphatic hydroxyl groups excluding tert-OH is 1. The summed E-state index contributed by atoms with van der Waals surface area (Å²) < 4.78 is 9.02. The number of aliphatic hydroxyl groups is 1. The number of nitrogens with zero attached hydrogens (tertiary/aromatic N) is 1. The summed E-state index contributed by atoms with van der Waals surface area (Å²) in [6.45, 7) is -0.779. The molecule has 3 atom stereocenters. The lowest BCUT2D eigenvalue weighted by atomic mass is 9.95. The smallest absolute Gasteiger partial charge is 0.349 e. The number of carboxylic acid groups (broad SMARTS) is 2. The summed E-state index contributed by atoms with van der Waals surface area (Å²) in [5.41, 5.74) is 18.1. The fraction of sp³-hybridized carbons (Fsp3) is 0.600. The molecule has 0 aromatic carbocycles. The first kappa shape index (κ1) is 26.7. The summed E-state index contributed by atoms with van der Waals surface area (Å²) >= 11 is 0. The standard InChI is InChI=1S/C15H25N5O10/c16-7(2-1-3-20-14(18)19)11(25)29-10(24)5-15(13(27)28,4-9(22)23)30-12(26)8(17)6-21/h7-8,21H,1-6,16-17H2,(H,22,23)(H,27,28)(H4,18,19,20)/t7-,8-,15?/m0/s1. The zero-order valence-electron chi connectivity index (χ0n) is 15.9. The van der Waals surface area contributed by atoms with Crippen LogP contribution in [0.3, 0.4) is 0 Å². The molecule has 0 saturated carbocycles. The van der Waals surface area contributed by atoms with Gasteiger partial charge in [-0.25, -0.2) is 9.59 Å². The van der Waals surface area contributed by atoms with Gasteiger partial charge in [0.05, 0.1) is 19.4 Å². The quantitative estimate of drug-likeness (QED) is 0.0477. The van der Waals surface area contributed by atoms with Gasteiger partial charge in [-0.15, -0.1) is 0 Å². The molecule has 0 aliphatic carbocycles. The summed E-state index contributed by atoms with van der Waals surface area (Å²) in [6.07, 6.45) is -2.40. The van der Waals surface area contributed by atoms with Crippen LogP contribution >= 0.6 is 0 Å². The van der Waals surface area contributed by atoms with Crippen LogP contribution in [0, 0.1) is 0 Å². The molecule has 0 rings (SSSR count). The van der Waals surface area contributed by atoms with Gasteiger partial charge in [0.25, 0.3) is 0 Å². The molecule has 0 aliphatic rings. The number of carboxylic acids is 2. The third kappa shape index (κ3) is 9.26. The molecular weight excluding hydrogens is 410 g/mol. The van der Waals surface area contributed by atoms with Crippen LogP contribution in [0.1, 0.15) is 25.7 Å². The number of rotatable bonds is 13. The Morgan fingerprint density at radius 3 is 2.03 bits per heavy atom. The molecule has 0 aromatic heterocycles. The SMILES string of the molecule is NC(N)=NCCC[C@H](N)C(=O)OC(=O)CC(CC(=O)O)(OC(=O)[C@@H](N)CO)C(=O)O. The number of aliphatic imine (C=N–C) groups is 1. The Bertz CT molecular complexity index is 693. The van der Waals surface area contributed by atoms with Crippen LogP contribution in [0.5, 0.6) is 0 Å². The van der Waals surface area contributed by atoms with E-state index in [0.717, 1.165) is 0 Å². The van der Waals surface area contributed by atoms with Gasteiger partial charge in [-0.05, 0) is 12.8 Å². The van der Waals surface area contributed by atoms with Crippen molar-refractivity contribution in [3.05, 3.63) is 0 Å². The maximum absolute atomic E-state index is 12.0. The second kappa shape index (κ2) is 12.3. The number of hydrogen-bond acceptors (Lipinski definition) is 11. The molecule has 170 valence electrons. The predicted molar refractivity (Wildman–Crippen MR) is 97.4 cm³/mol. The highest BCUT2D eigenvalue weighted by atomic mass is 16.6. The van der Waals surface area contributed by atoms with Gasteiger partial charge >= 0.3 is 29.8 Å². The second-order valence-corrected chi connectivity index (χ2v) is 6.11. The van der Waals surface area contributed by atoms with E-state index >= 15 is 0 Å².